The number of phenolic OH excluding ortho intramolecular Hbond substituents is 1. The van der Waals surface area contributed by atoms with Crippen molar-refractivity contribution in [3.63, 3.8) is 0 Å². The van der Waals surface area contributed by atoms with Gasteiger partial charge in [0.05, 0.1) is 12.3 Å². The summed E-state index contributed by atoms with van der Waals surface area (Å²) in [6, 6.07) is 4.28. The quantitative estimate of drug-likeness (QED) is 0.428. The second-order valence-electron chi connectivity index (χ2n) is 8.66. The van der Waals surface area contributed by atoms with Gasteiger partial charge in [-0.2, -0.15) is 0 Å². The van der Waals surface area contributed by atoms with Gasteiger partial charge in [0.15, 0.2) is 5.54 Å². The Balaban J connectivity index is 3.18. The number of ether oxygens (including phenoxy) is 2. The lowest BCUT2D eigenvalue weighted by molar-refractivity contribution is -0.162. The highest BCUT2D eigenvalue weighted by Crippen LogP contribution is 2.30. The topological polar surface area (TPSA) is 111 Å². The molecule has 0 saturated heterocycles. The number of nitrogen functional groups attached to an aromatic ring is 1. The molecule has 1 rings (SSSR count). The normalized spacial score (nSPS) is 14.3. The Kier molecular flexibility index (Phi) is 6.18. The van der Waals surface area contributed by atoms with E-state index in [0.717, 1.165) is 0 Å². The average molecular weight is 366 g/mol. The van der Waals surface area contributed by atoms with Crippen LogP contribution in [0.25, 0.3) is 0 Å². The van der Waals surface area contributed by atoms with E-state index in [-0.39, 0.29) is 23.5 Å². The third-order valence-electron chi connectivity index (χ3n) is 3.40. The second-order valence-corrected chi connectivity index (χ2v) is 8.66. The molecule has 0 radical (unpaired) electrons. The first-order valence-corrected chi connectivity index (χ1v) is 8.41. The van der Waals surface area contributed by atoms with Crippen LogP contribution in [0.5, 0.6) is 5.75 Å². The first-order valence-electron chi connectivity index (χ1n) is 8.41. The summed E-state index contributed by atoms with van der Waals surface area (Å²) in [4.78, 5) is 25.1. The Morgan fingerprint density at radius 1 is 1.12 bits per heavy atom. The number of hydrogen-bond donors (Lipinski definition) is 3. The van der Waals surface area contributed by atoms with E-state index in [1.165, 1.54) is 25.1 Å². The van der Waals surface area contributed by atoms with Crippen molar-refractivity contribution >= 4 is 17.7 Å². The van der Waals surface area contributed by atoms with Crippen molar-refractivity contribution in [2.45, 2.75) is 59.6 Å². The van der Waals surface area contributed by atoms with Crippen LogP contribution in [0.1, 0.15) is 54.0 Å². The van der Waals surface area contributed by atoms with Crippen LogP contribution >= 0.6 is 0 Å². The lowest BCUT2D eigenvalue weighted by Gasteiger charge is -2.32. The Hall–Kier alpha value is -2.44. The predicted molar refractivity (Wildman–Crippen MR) is 99.7 cm³/mol. The van der Waals surface area contributed by atoms with Gasteiger partial charge in [-0.15, -0.1) is 0 Å². The van der Waals surface area contributed by atoms with Gasteiger partial charge in [0.1, 0.15) is 11.4 Å². The van der Waals surface area contributed by atoms with Crippen molar-refractivity contribution in [1.82, 2.24) is 5.32 Å². The molecule has 0 bridgehead atoms. The molecule has 4 N–H and O–H groups in total. The van der Waals surface area contributed by atoms with Gasteiger partial charge in [-0.05, 0) is 50.8 Å². The maximum absolute atomic E-state index is 12.8. The summed E-state index contributed by atoms with van der Waals surface area (Å²) in [5.74, 6) is -0.779. The fourth-order valence-electron chi connectivity index (χ4n) is 2.01. The summed E-state index contributed by atoms with van der Waals surface area (Å²) >= 11 is 0. The summed E-state index contributed by atoms with van der Waals surface area (Å²) < 4.78 is 10.7. The number of esters is 1. The Labute approximate surface area is 154 Å². The number of carbonyl (C=O) groups excluding carboxylic acids is 2. The monoisotopic (exact) mass is 366 g/mol. The molecule has 1 atom stereocenters. The summed E-state index contributed by atoms with van der Waals surface area (Å²) in [5, 5.41) is 12.2. The highest BCUT2D eigenvalue weighted by molar-refractivity contribution is 5.87. The Morgan fingerprint density at radius 3 is 2.15 bits per heavy atom. The SMILES string of the molecule is CC(C)(C)COC(=O)NC(C)(C(=O)OC(C)(C)C)c1ccc(O)c(N)c1. The number of anilines is 1. The number of phenols is 1. The van der Waals surface area contributed by atoms with E-state index in [4.69, 9.17) is 15.2 Å². The van der Waals surface area contributed by atoms with Crippen LogP contribution in [-0.4, -0.2) is 29.4 Å². The molecular formula is C19H30N2O5. The maximum atomic E-state index is 12.8. The van der Waals surface area contributed by atoms with Gasteiger partial charge in [0, 0.05) is 0 Å². The number of benzene rings is 1. The largest absolute Gasteiger partial charge is 0.506 e. The number of amides is 1. The summed E-state index contributed by atoms with van der Waals surface area (Å²) in [7, 11) is 0. The van der Waals surface area contributed by atoms with Gasteiger partial charge < -0.3 is 25.6 Å². The minimum absolute atomic E-state index is 0.0853. The molecule has 1 aromatic carbocycles. The molecule has 0 saturated carbocycles. The first kappa shape index (κ1) is 21.6. The van der Waals surface area contributed by atoms with Gasteiger partial charge >= 0.3 is 12.1 Å². The van der Waals surface area contributed by atoms with E-state index < -0.39 is 23.2 Å². The lowest BCUT2D eigenvalue weighted by atomic mass is 9.91. The molecule has 1 amide bonds. The van der Waals surface area contributed by atoms with Crippen LogP contribution in [-0.2, 0) is 19.8 Å². The molecule has 0 aliphatic carbocycles. The zero-order chi connectivity index (χ0) is 20.3. The third kappa shape index (κ3) is 6.13. The minimum atomic E-state index is -1.54. The van der Waals surface area contributed by atoms with Gasteiger partial charge in [-0.3, -0.25) is 0 Å². The molecule has 1 aromatic rings. The van der Waals surface area contributed by atoms with Gasteiger partial charge in [0.25, 0.3) is 0 Å². The highest BCUT2D eigenvalue weighted by atomic mass is 16.6. The lowest BCUT2D eigenvalue weighted by Crippen LogP contribution is -2.52. The van der Waals surface area contributed by atoms with Crippen molar-refractivity contribution in [1.29, 1.82) is 0 Å². The number of nitrogens with one attached hydrogen (secondary N) is 1. The molecule has 0 heterocycles. The molecule has 0 aromatic heterocycles. The number of alkyl carbamates (subject to hydrolysis) is 1. The van der Waals surface area contributed by atoms with E-state index in [0.29, 0.717) is 5.56 Å². The third-order valence-corrected chi connectivity index (χ3v) is 3.40. The number of carbonyl (C=O) groups is 2. The molecule has 7 heteroatoms. The summed E-state index contributed by atoms with van der Waals surface area (Å²) in [6.07, 6.45) is -0.750. The van der Waals surface area contributed by atoms with Crippen molar-refractivity contribution in [3.05, 3.63) is 23.8 Å². The molecule has 1 unspecified atom stereocenters. The molecule has 0 aliphatic rings. The molecule has 26 heavy (non-hydrogen) atoms. The van der Waals surface area contributed by atoms with Crippen LogP contribution in [0.15, 0.2) is 18.2 Å². The van der Waals surface area contributed by atoms with Crippen molar-refractivity contribution in [3.8, 4) is 5.75 Å². The molecule has 0 fully saturated rings. The summed E-state index contributed by atoms with van der Waals surface area (Å²) in [6.45, 7) is 12.7. The Bertz CT molecular complexity index is 673. The fourth-order valence-corrected chi connectivity index (χ4v) is 2.01. The molecule has 7 nitrogen and oxygen atoms in total. The van der Waals surface area contributed by atoms with Crippen LogP contribution < -0.4 is 11.1 Å². The van der Waals surface area contributed by atoms with Gasteiger partial charge in [-0.25, -0.2) is 9.59 Å². The van der Waals surface area contributed by atoms with E-state index in [1.807, 2.05) is 20.8 Å². The van der Waals surface area contributed by atoms with Crippen LogP contribution in [0.2, 0.25) is 0 Å². The molecule has 0 spiro atoms. The minimum Gasteiger partial charge on any atom is -0.506 e. The van der Waals surface area contributed by atoms with E-state index in [1.54, 1.807) is 20.8 Å². The molecule has 0 aliphatic heterocycles. The zero-order valence-electron chi connectivity index (χ0n) is 16.6. The van der Waals surface area contributed by atoms with Gasteiger partial charge in [-0.1, -0.05) is 26.8 Å². The summed E-state index contributed by atoms with van der Waals surface area (Å²) in [5.41, 5.74) is 3.69. The number of rotatable bonds is 4. The first-order chi connectivity index (χ1) is 11.6. The number of aromatic hydroxyl groups is 1. The standard InChI is InChI=1S/C19H30N2O5/c1-17(2,3)11-25-16(24)21-19(7,15(23)26-18(4,5)6)12-8-9-14(22)13(20)10-12/h8-10,22H,11,20H2,1-7H3,(H,21,24). The van der Waals surface area contributed by atoms with Crippen molar-refractivity contribution in [2.75, 3.05) is 12.3 Å². The fraction of sp³-hybridized carbons (Fsp3) is 0.579. The van der Waals surface area contributed by atoms with Crippen LogP contribution in [0.3, 0.4) is 0 Å². The number of nitrogens with two attached hydrogens (primary N) is 1. The maximum Gasteiger partial charge on any atom is 0.408 e. The van der Waals surface area contributed by atoms with E-state index in [2.05, 4.69) is 5.32 Å². The highest BCUT2D eigenvalue weighted by Gasteiger charge is 2.41. The van der Waals surface area contributed by atoms with Gasteiger partial charge in [0.2, 0.25) is 0 Å². The molecule has 146 valence electrons. The molecular weight excluding hydrogens is 336 g/mol. The van der Waals surface area contributed by atoms with Crippen LogP contribution in [0.4, 0.5) is 10.5 Å². The van der Waals surface area contributed by atoms with E-state index >= 15 is 0 Å². The second kappa shape index (κ2) is 7.43. The van der Waals surface area contributed by atoms with Crippen molar-refractivity contribution in [2.24, 2.45) is 5.41 Å². The Morgan fingerprint density at radius 2 is 1.69 bits per heavy atom. The average Bonchev–Trinajstić information content (AvgIpc) is 2.45. The predicted octanol–water partition coefficient (Wildman–Crippen LogP) is 3.30. The zero-order valence-corrected chi connectivity index (χ0v) is 16.6. The van der Waals surface area contributed by atoms with E-state index in [9.17, 15) is 14.7 Å². The van der Waals surface area contributed by atoms with Crippen LogP contribution in [0, 0.1) is 5.41 Å². The number of hydrogen-bond acceptors (Lipinski definition) is 6. The smallest absolute Gasteiger partial charge is 0.408 e. The van der Waals surface area contributed by atoms with Crippen molar-refractivity contribution < 1.29 is 24.2 Å².